The van der Waals surface area contributed by atoms with Crippen LogP contribution in [0, 0.1) is 0 Å². The Labute approximate surface area is 164 Å². The van der Waals surface area contributed by atoms with Gasteiger partial charge in [-0.15, -0.1) is 10.2 Å². The lowest BCUT2D eigenvalue weighted by molar-refractivity contribution is -0.144. The Morgan fingerprint density at radius 2 is 1.66 bits per heavy atom. The second-order valence-corrected chi connectivity index (χ2v) is 7.13. The highest BCUT2D eigenvalue weighted by atomic mass is 19.4. The van der Waals surface area contributed by atoms with Gasteiger partial charge in [0.2, 0.25) is 5.82 Å². The molecule has 1 saturated heterocycles. The maximum absolute atomic E-state index is 13.3. The Bertz CT molecular complexity index is 1180. The first-order valence-corrected chi connectivity index (χ1v) is 9.39. The van der Waals surface area contributed by atoms with E-state index >= 15 is 0 Å². The maximum atomic E-state index is 13.3. The van der Waals surface area contributed by atoms with Crippen LogP contribution >= 0.6 is 0 Å². The molecule has 0 unspecified atom stereocenters. The Kier molecular flexibility index (Phi) is 4.11. The van der Waals surface area contributed by atoms with Crippen molar-refractivity contribution in [3.8, 4) is 0 Å². The molecule has 9 heteroatoms. The van der Waals surface area contributed by atoms with Gasteiger partial charge in [-0.2, -0.15) is 13.2 Å². The molecule has 0 radical (unpaired) electrons. The molecule has 0 saturated carbocycles. The molecule has 0 atom stereocenters. The zero-order valence-corrected chi connectivity index (χ0v) is 15.3. The summed E-state index contributed by atoms with van der Waals surface area (Å²) in [6, 6.07) is 12.6. The van der Waals surface area contributed by atoms with E-state index in [9.17, 15) is 13.2 Å². The van der Waals surface area contributed by atoms with Crippen molar-refractivity contribution in [1.29, 1.82) is 0 Å². The molecule has 0 N–H and O–H groups in total. The van der Waals surface area contributed by atoms with Crippen LogP contribution in [0.1, 0.15) is 30.4 Å². The van der Waals surface area contributed by atoms with Crippen molar-refractivity contribution in [3.05, 3.63) is 60.3 Å². The number of hydrogen-bond acceptors (Lipinski definition) is 5. The molecule has 4 aromatic rings. The molecule has 0 aliphatic carbocycles. The molecule has 0 amide bonds. The summed E-state index contributed by atoms with van der Waals surface area (Å²) in [5, 5.41) is 9.17. The third kappa shape index (κ3) is 3.16. The van der Waals surface area contributed by atoms with Crippen LogP contribution in [0.25, 0.3) is 16.6 Å². The van der Waals surface area contributed by atoms with Gasteiger partial charge in [-0.05, 0) is 37.1 Å². The topological polar surface area (TPSA) is 59.2 Å². The molecular weight excluding hydrogens is 381 g/mol. The predicted molar refractivity (Wildman–Crippen MR) is 102 cm³/mol. The van der Waals surface area contributed by atoms with E-state index in [0.29, 0.717) is 29.8 Å². The van der Waals surface area contributed by atoms with Crippen molar-refractivity contribution in [2.45, 2.75) is 24.9 Å². The Morgan fingerprint density at radius 3 is 2.45 bits per heavy atom. The van der Waals surface area contributed by atoms with Gasteiger partial charge in [0.05, 0.1) is 5.52 Å². The minimum Gasteiger partial charge on any atom is -0.356 e. The largest absolute Gasteiger partial charge is 0.451 e. The molecule has 3 aromatic heterocycles. The zero-order valence-electron chi connectivity index (χ0n) is 15.3. The number of anilines is 1. The van der Waals surface area contributed by atoms with Gasteiger partial charge in [-0.1, -0.05) is 18.2 Å². The second kappa shape index (κ2) is 6.68. The lowest BCUT2D eigenvalue weighted by atomic mass is 9.95. The highest BCUT2D eigenvalue weighted by Gasteiger charge is 2.36. The number of nitrogens with zero attached hydrogens (tertiary/aromatic N) is 6. The van der Waals surface area contributed by atoms with Crippen molar-refractivity contribution in [2.75, 3.05) is 18.0 Å². The van der Waals surface area contributed by atoms with Crippen LogP contribution in [0.3, 0.4) is 0 Å². The van der Waals surface area contributed by atoms with E-state index in [2.05, 4.69) is 20.2 Å². The highest BCUT2D eigenvalue weighted by molar-refractivity contribution is 5.89. The number of alkyl halides is 3. The van der Waals surface area contributed by atoms with Gasteiger partial charge in [0.15, 0.2) is 5.65 Å². The first kappa shape index (κ1) is 17.8. The fraction of sp³-hybridized carbons (Fsp3) is 0.300. The van der Waals surface area contributed by atoms with Crippen molar-refractivity contribution >= 4 is 22.4 Å². The highest BCUT2D eigenvalue weighted by Crippen LogP contribution is 2.35. The molecule has 1 aliphatic rings. The molecular formula is C20H17F3N6. The average molecular weight is 398 g/mol. The lowest BCUT2D eigenvalue weighted by Crippen LogP contribution is -2.34. The number of aromatic nitrogens is 5. The van der Waals surface area contributed by atoms with Crippen LogP contribution in [-0.2, 0) is 6.18 Å². The molecule has 1 fully saturated rings. The first-order valence-electron chi connectivity index (χ1n) is 9.39. The van der Waals surface area contributed by atoms with Gasteiger partial charge in [0, 0.05) is 30.6 Å². The van der Waals surface area contributed by atoms with E-state index in [4.69, 9.17) is 0 Å². The summed E-state index contributed by atoms with van der Waals surface area (Å²) in [5.41, 5.74) is 1.09. The second-order valence-electron chi connectivity index (χ2n) is 7.13. The zero-order chi connectivity index (χ0) is 20.0. The van der Waals surface area contributed by atoms with Crippen LogP contribution < -0.4 is 4.90 Å². The van der Waals surface area contributed by atoms with E-state index in [1.165, 1.54) is 0 Å². The molecule has 0 bridgehead atoms. The SMILES string of the molecule is FC(F)(F)c1nc(N2CCC(c3nnc4ccccn34)CC2)c2ccccc2n1. The van der Waals surface area contributed by atoms with Gasteiger partial charge in [0.25, 0.3) is 0 Å². The van der Waals surface area contributed by atoms with Gasteiger partial charge in [-0.25, -0.2) is 9.97 Å². The summed E-state index contributed by atoms with van der Waals surface area (Å²) < 4.78 is 41.9. The van der Waals surface area contributed by atoms with Crippen LogP contribution in [0.5, 0.6) is 0 Å². The fourth-order valence-corrected chi connectivity index (χ4v) is 3.92. The monoisotopic (exact) mass is 398 g/mol. The number of halogens is 3. The molecule has 148 valence electrons. The number of hydrogen-bond donors (Lipinski definition) is 0. The van der Waals surface area contributed by atoms with Crippen LogP contribution in [0.15, 0.2) is 48.7 Å². The molecule has 4 heterocycles. The van der Waals surface area contributed by atoms with Gasteiger partial charge in [0.1, 0.15) is 11.6 Å². The summed E-state index contributed by atoms with van der Waals surface area (Å²) >= 11 is 0. The van der Waals surface area contributed by atoms with Gasteiger partial charge >= 0.3 is 6.18 Å². The predicted octanol–water partition coefficient (Wildman–Crippen LogP) is 4.08. The van der Waals surface area contributed by atoms with E-state index < -0.39 is 12.0 Å². The van der Waals surface area contributed by atoms with E-state index in [0.717, 1.165) is 24.3 Å². The smallest absolute Gasteiger partial charge is 0.356 e. The van der Waals surface area contributed by atoms with Gasteiger partial charge in [-0.3, -0.25) is 4.40 Å². The molecule has 5 rings (SSSR count). The summed E-state index contributed by atoms with van der Waals surface area (Å²) in [6.45, 7) is 1.18. The number of piperidine rings is 1. The first-order chi connectivity index (χ1) is 14.0. The maximum Gasteiger partial charge on any atom is 0.451 e. The number of benzene rings is 1. The number of fused-ring (bicyclic) bond motifs is 2. The average Bonchev–Trinajstić information content (AvgIpc) is 3.17. The summed E-state index contributed by atoms with van der Waals surface area (Å²) in [4.78, 5) is 9.51. The van der Waals surface area contributed by atoms with Gasteiger partial charge < -0.3 is 4.90 Å². The Morgan fingerprint density at radius 1 is 0.897 bits per heavy atom. The van der Waals surface area contributed by atoms with Crippen molar-refractivity contribution < 1.29 is 13.2 Å². The van der Waals surface area contributed by atoms with Crippen LogP contribution in [-0.4, -0.2) is 37.7 Å². The standard InChI is InChI=1S/C20H17F3N6/c21-20(22,23)19-24-15-6-2-1-5-14(15)18(25-19)28-11-8-13(9-12-28)17-27-26-16-7-3-4-10-29(16)17/h1-7,10,13H,8-9,11-12H2. The third-order valence-electron chi connectivity index (χ3n) is 5.34. The Balaban J connectivity index is 1.45. The Hall–Kier alpha value is -3.23. The summed E-state index contributed by atoms with van der Waals surface area (Å²) in [5.74, 6) is 0.326. The third-order valence-corrected chi connectivity index (χ3v) is 5.34. The van der Waals surface area contributed by atoms with Crippen molar-refractivity contribution in [1.82, 2.24) is 24.6 Å². The molecule has 6 nitrogen and oxygen atoms in total. The lowest BCUT2D eigenvalue weighted by Gasteiger charge is -2.33. The number of para-hydroxylation sites is 1. The van der Waals surface area contributed by atoms with Crippen molar-refractivity contribution in [2.24, 2.45) is 0 Å². The minimum absolute atomic E-state index is 0.193. The normalized spacial score (nSPS) is 16.0. The van der Waals surface area contributed by atoms with Crippen LogP contribution in [0.4, 0.5) is 19.0 Å². The molecule has 29 heavy (non-hydrogen) atoms. The quantitative estimate of drug-likeness (QED) is 0.509. The van der Waals surface area contributed by atoms with E-state index in [1.54, 1.807) is 24.3 Å². The number of pyridine rings is 1. The molecule has 0 spiro atoms. The number of rotatable bonds is 2. The van der Waals surface area contributed by atoms with E-state index in [-0.39, 0.29) is 5.92 Å². The molecule has 1 aliphatic heterocycles. The van der Waals surface area contributed by atoms with Crippen molar-refractivity contribution in [3.63, 3.8) is 0 Å². The summed E-state index contributed by atoms with van der Waals surface area (Å²) in [6.07, 6.45) is -1.13. The summed E-state index contributed by atoms with van der Waals surface area (Å²) in [7, 11) is 0. The minimum atomic E-state index is -4.59. The van der Waals surface area contributed by atoms with Crippen LogP contribution in [0.2, 0.25) is 0 Å². The van der Waals surface area contributed by atoms with E-state index in [1.807, 2.05) is 33.7 Å². The fourth-order valence-electron chi connectivity index (χ4n) is 3.92. The molecule has 1 aromatic carbocycles.